The van der Waals surface area contributed by atoms with Gasteiger partial charge in [-0.25, -0.2) is 4.39 Å². The molecular weight excluding hydrogens is 462 g/mol. The molecule has 170 valence electrons. The van der Waals surface area contributed by atoms with Gasteiger partial charge in [0.25, 0.3) is 0 Å². The first-order valence-corrected chi connectivity index (χ1v) is 11.4. The molecule has 1 aliphatic carbocycles. The molecule has 0 fully saturated rings. The van der Waals surface area contributed by atoms with Crippen LogP contribution in [0, 0.1) is 5.82 Å². The van der Waals surface area contributed by atoms with Crippen LogP contribution in [0.1, 0.15) is 59.1 Å². The number of carbonyl (C=O) groups excluding carboxylic acids is 1. The van der Waals surface area contributed by atoms with Gasteiger partial charge in [-0.3, -0.25) is 4.79 Å². The van der Waals surface area contributed by atoms with Crippen LogP contribution in [0.2, 0.25) is 10.0 Å². The second kappa shape index (κ2) is 9.46. The lowest BCUT2D eigenvalue weighted by Gasteiger charge is -2.19. The number of benzene rings is 2. The number of primary amides is 1. The second-order valence-electron chi connectivity index (χ2n) is 7.93. The molecule has 0 bridgehead atoms. The van der Waals surface area contributed by atoms with E-state index in [4.69, 9.17) is 33.8 Å². The van der Waals surface area contributed by atoms with Gasteiger partial charge in [0.2, 0.25) is 5.91 Å². The molecule has 7 heteroatoms. The standard InChI is InChI=1S/C26H23Cl2FN2O2/c1-3-16-11-18-9-10-31(33-15(2)24-21(27)7-8-22(29)25(24)28)23(18)14-20(12-16)17-5-4-6-19(13-17)26(30)32/h4-10,12-15H,3,11H2,1-2H3,(H2,30,32). The second-order valence-corrected chi connectivity index (χ2v) is 8.72. The number of carbonyl (C=O) groups is 1. The zero-order valence-corrected chi connectivity index (χ0v) is 19.8. The monoisotopic (exact) mass is 484 g/mol. The third kappa shape index (κ3) is 4.70. The Bertz CT molecular complexity index is 1290. The van der Waals surface area contributed by atoms with E-state index >= 15 is 0 Å². The van der Waals surface area contributed by atoms with Gasteiger partial charge in [-0.15, -0.1) is 0 Å². The Morgan fingerprint density at radius 1 is 1.21 bits per heavy atom. The van der Waals surface area contributed by atoms with Crippen LogP contribution in [0.4, 0.5) is 4.39 Å². The van der Waals surface area contributed by atoms with Crippen LogP contribution in [-0.4, -0.2) is 10.6 Å². The highest BCUT2D eigenvalue weighted by molar-refractivity contribution is 6.36. The van der Waals surface area contributed by atoms with Crippen molar-refractivity contribution in [3.63, 3.8) is 0 Å². The molecule has 2 N–H and O–H groups in total. The van der Waals surface area contributed by atoms with Crippen molar-refractivity contribution in [3.8, 4) is 0 Å². The first-order chi connectivity index (χ1) is 15.8. The van der Waals surface area contributed by atoms with Crippen molar-refractivity contribution in [2.45, 2.75) is 32.8 Å². The van der Waals surface area contributed by atoms with Gasteiger partial charge < -0.3 is 10.6 Å². The van der Waals surface area contributed by atoms with E-state index in [9.17, 15) is 9.18 Å². The number of hydrogen-bond acceptors (Lipinski definition) is 2. The summed E-state index contributed by atoms with van der Waals surface area (Å²) in [5.74, 6) is -1.03. The molecule has 1 aromatic heterocycles. The topological polar surface area (TPSA) is 57.2 Å². The largest absolute Gasteiger partial charge is 0.406 e. The molecule has 33 heavy (non-hydrogen) atoms. The molecule has 1 unspecified atom stereocenters. The van der Waals surface area contributed by atoms with E-state index in [2.05, 4.69) is 13.0 Å². The van der Waals surface area contributed by atoms with E-state index in [1.807, 2.05) is 30.5 Å². The van der Waals surface area contributed by atoms with Gasteiger partial charge in [-0.05, 0) is 72.9 Å². The molecule has 0 aliphatic heterocycles. The molecule has 0 radical (unpaired) electrons. The Hall–Kier alpha value is -3.02. The molecule has 4 nitrogen and oxygen atoms in total. The Morgan fingerprint density at radius 2 is 2.00 bits per heavy atom. The SMILES string of the molecule is CCC1=CC(c2cccc(C(N)=O)c2)=Cc2c(ccn2OC(C)c2c(Cl)ccc(F)c2Cl)C1. The van der Waals surface area contributed by atoms with E-state index in [-0.39, 0.29) is 5.02 Å². The minimum Gasteiger partial charge on any atom is -0.406 e. The fourth-order valence-corrected chi connectivity index (χ4v) is 4.63. The van der Waals surface area contributed by atoms with Gasteiger partial charge in [0.15, 0.2) is 6.10 Å². The smallest absolute Gasteiger partial charge is 0.248 e. The van der Waals surface area contributed by atoms with Gasteiger partial charge in [-0.1, -0.05) is 53.9 Å². The Kier molecular flexibility index (Phi) is 6.63. The summed E-state index contributed by atoms with van der Waals surface area (Å²) in [5.41, 5.74) is 11.3. The molecule has 0 spiro atoms. The molecule has 1 aliphatic rings. The average molecular weight is 485 g/mol. The van der Waals surface area contributed by atoms with Crippen LogP contribution in [0.3, 0.4) is 0 Å². The minimum atomic E-state index is -0.603. The number of fused-ring (bicyclic) bond motifs is 1. The fraction of sp³-hybridized carbons (Fsp3) is 0.192. The Labute approximate surface area is 202 Å². The van der Waals surface area contributed by atoms with Crippen molar-refractivity contribution < 1.29 is 14.0 Å². The fourth-order valence-electron chi connectivity index (χ4n) is 3.95. The maximum Gasteiger partial charge on any atom is 0.248 e. The van der Waals surface area contributed by atoms with Crippen molar-refractivity contribution >= 4 is 40.8 Å². The molecule has 0 saturated carbocycles. The van der Waals surface area contributed by atoms with Gasteiger partial charge in [-0.2, -0.15) is 4.73 Å². The third-order valence-corrected chi connectivity index (χ3v) is 6.45. The maximum absolute atomic E-state index is 14.0. The molecule has 1 heterocycles. The number of nitrogens with two attached hydrogens (primary N) is 1. The number of nitrogens with zero attached hydrogens (tertiary/aromatic N) is 1. The highest BCUT2D eigenvalue weighted by Gasteiger charge is 2.21. The summed E-state index contributed by atoms with van der Waals surface area (Å²) in [5, 5.41) is 0.282. The molecular formula is C26H23Cl2FN2O2. The third-order valence-electron chi connectivity index (χ3n) is 5.74. The first-order valence-electron chi connectivity index (χ1n) is 10.6. The molecule has 1 amide bonds. The summed E-state index contributed by atoms with van der Waals surface area (Å²) < 4.78 is 15.7. The predicted octanol–water partition coefficient (Wildman–Crippen LogP) is 6.66. The number of aromatic nitrogens is 1. The summed E-state index contributed by atoms with van der Waals surface area (Å²) in [4.78, 5) is 17.9. The number of halogens is 3. The lowest BCUT2D eigenvalue weighted by molar-refractivity contribution is 0.0470. The summed E-state index contributed by atoms with van der Waals surface area (Å²) in [7, 11) is 0. The first kappa shape index (κ1) is 23.1. The summed E-state index contributed by atoms with van der Waals surface area (Å²) in [6.45, 7) is 3.88. The van der Waals surface area contributed by atoms with E-state index in [1.54, 1.807) is 23.8 Å². The van der Waals surface area contributed by atoms with Gasteiger partial charge in [0, 0.05) is 22.3 Å². The summed E-state index contributed by atoms with van der Waals surface area (Å²) in [6.07, 6.45) is 7.01. The highest BCUT2D eigenvalue weighted by Crippen LogP contribution is 2.35. The Balaban J connectivity index is 1.75. The van der Waals surface area contributed by atoms with E-state index in [1.165, 1.54) is 17.7 Å². The quantitative estimate of drug-likeness (QED) is 0.397. The lowest BCUT2D eigenvalue weighted by atomic mass is 9.99. The van der Waals surface area contributed by atoms with Gasteiger partial charge in [0.1, 0.15) is 5.82 Å². The van der Waals surface area contributed by atoms with Crippen LogP contribution < -0.4 is 10.6 Å². The van der Waals surface area contributed by atoms with Crippen LogP contribution in [0.25, 0.3) is 11.6 Å². The van der Waals surface area contributed by atoms with Crippen LogP contribution in [-0.2, 0) is 6.42 Å². The normalized spacial score (nSPS) is 14.1. The average Bonchev–Trinajstić information content (AvgIpc) is 3.04. The molecule has 3 aromatic rings. The van der Waals surface area contributed by atoms with Gasteiger partial charge >= 0.3 is 0 Å². The number of allylic oxidation sites excluding steroid dienone is 3. The highest BCUT2D eigenvalue weighted by atomic mass is 35.5. The van der Waals surface area contributed by atoms with Crippen molar-refractivity contribution in [1.29, 1.82) is 0 Å². The lowest BCUT2D eigenvalue weighted by Crippen LogP contribution is -2.17. The van der Waals surface area contributed by atoms with Crippen molar-refractivity contribution in [1.82, 2.24) is 4.73 Å². The zero-order chi connectivity index (χ0) is 23.7. The van der Waals surface area contributed by atoms with E-state index < -0.39 is 17.8 Å². The molecule has 4 rings (SSSR count). The number of amides is 1. The molecule has 2 aromatic carbocycles. The molecule has 0 saturated heterocycles. The van der Waals surface area contributed by atoms with Crippen molar-refractivity contribution in [2.75, 3.05) is 0 Å². The van der Waals surface area contributed by atoms with Crippen LogP contribution >= 0.6 is 23.2 Å². The Morgan fingerprint density at radius 3 is 2.73 bits per heavy atom. The van der Waals surface area contributed by atoms with Crippen molar-refractivity contribution in [2.24, 2.45) is 5.73 Å². The predicted molar refractivity (Wildman–Crippen MR) is 131 cm³/mol. The van der Waals surface area contributed by atoms with Crippen LogP contribution in [0.5, 0.6) is 0 Å². The van der Waals surface area contributed by atoms with E-state index in [0.717, 1.165) is 35.2 Å². The van der Waals surface area contributed by atoms with E-state index in [0.29, 0.717) is 16.1 Å². The van der Waals surface area contributed by atoms with Crippen LogP contribution in [0.15, 0.2) is 60.3 Å². The minimum absolute atomic E-state index is 0.0531. The van der Waals surface area contributed by atoms with Gasteiger partial charge in [0.05, 0.1) is 10.7 Å². The summed E-state index contributed by atoms with van der Waals surface area (Å²) in [6, 6.07) is 11.9. The number of hydrogen-bond donors (Lipinski definition) is 1. The number of rotatable bonds is 6. The zero-order valence-electron chi connectivity index (χ0n) is 18.2. The van der Waals surface area contributed by atoms with Crippen molar-refractivity contribution in [3.05, 3.63) is 104 Å². The summed E-state index contributed by atoms with van der Waals surface area (Å²) >= 11 is 12.5. The molecule has 1 atom stereocenters. The maximum atomic E-state index is 14.0.